The molecule has 6 heteroatoms. The zero-order valence-electron chi connectivity index (χ0n) is 5.27. The van der Waals surface area contributed by atoms with Gasteiger partial charge in [0.05, 0.1) is 0 Å². The van der Waals surface area contributed by atoms with E-state index in [9.17, 15) is 14.9 Å². The molecule has 0 aromatic rings. The first kappa shape index (κ1) is 8.83. The molecule has 0 aliphatic carbocycles. The minimum Gasteiger partial charge on any atom is -0.479 e. The number of carboxylic acids is 1. The quantitative estimate of drug-likeness (QED) is 0.400. The van der Waals surface area contributed by atoms with Crippen molar-refractivity contribution in [1.29, 1.82) is 0 Å². The van der Waals surface area contributed by atoms with E-state index < -0.39 is 23.0 Å². The summed E-state index contributed by atoms with van der Waals surface area (Å²) in [4.78, 5) is 18.8. The molecule has 0 aliphatic heterocycles. The van der Waals surface area contributed by atoms with Gasteiger partial charge in [0.2, 0.25) is 12.1 Å². The molecular formula is C4H7NO5. The van der Waals surface area contributed by atoms with Crippen LogP contribution in [-0.4, -0.2) is 33.3 Å². The second-order valence-electron chi connectivity index (χ2n) is 2.07. The Kier molecular flexibility index (Phi) is 2.30. The van der Waals surface area contributed by atoms with Gasteiger partial charge in [-0.05, 0) is 6.92 Å². The van der Waals surface area contributed by atoms with Gasteiger partial charge in [-0.3, -0.25) is 10.1 Å². The Bertz CT molecular complexity index is 163. The van der Waals surface area contributed by atoms with Gasteiger partial charge >= 0.3 is 5.97 Å². The predicted octanol–water partition coefficient (Wildman–Crippen LogP) is -0.901. The number of aliphatic carboxylic acids is 1. The maximum Gasteiger partial charge on any atom is 0.342 e. The molecular weight excluding hydrogens is 142 g/mol. The average Bonchev–Trinajstić information content (AvgIpc) is 1.60. The summed E-state index contributed by atoms with van der Waals surface area (Å²) in [5.74, 6) is -1.59. The summed E-state index contributed by atoms with van der Waals surface area (Å²) in [5.41, 5.74) is -2.26. The monoisotopic (exact) mass is 149 g/mol. The van der Waals surface area contributed by atoms with E-state index >= 15 is 0 Å². The Morgan fingerprint density at radius 1 is 1.80 bits per heavy atom. The molecule has 0 spiro atoms. The number of nitrogens with zero attached hydrogens (tertiary/aromatic N) is 1. The molecule has 0 saturated carbocycles. The highest BCUT2D eigenvalue weighted by Crippen LogP contribution is 2.02. The van der Waals surface area contributed by atoms with Crippen molar-refractivity contribution < 1.29 is 19.9 Å². The van der Waals surface area contributed by atoms with E-state index in [1.807, 2.05) is 0 Å². The summed E-state index contributed by atoms with van der Waals surface area (Å²) in [7, 11) is 0. The van der Waals surface area contributed by atoms with Crippen molar-refractivity contribution in [2.24, 2.45) is 0 Å². The molecule has 0 rings (SSSR count). The first-order valence-corrected chi connectivity index (χ1v) is 2.44. The first-order chi connectivity index (χ1) is 4.36. The SMILES string of the molecule is C[C@@](O)(C[N+](=O)[O-])C(=O)O. The van der Waals surface area contributed by atoms with Crippen LogP contribution in [0.4, 0.5) is 0 Å². The smallest absolute Gasteiger partial charge is 0.342 e. The van der Waals surface area contributed by atoms with E-state index in [1.54, 1.807) is 0 Å². The van der Waals surface area contributed by atoms with Gasteiger partial charge in [0.1, 0.15) is 0 Å². The molecule has 6 nitrogen and oxygen atoms in total. The summed E-state index contributed by atoms with van der Waals surface area (Å²) in [6.45, 7) is -0.111. The van der Waals surface area contributed by atoms with E-state index in [0.29, 0.717) is 0 Å². The fraction of sp³-hybridized carbons (Fsp3) is 0.750. The van der Waals surface area contributed by atoms with Crippen LogP contribution in [0.3, 0.4) is 0 Å². The van der Waals surface area contributed by atoms with Crippen LogP contribution >= 0.6 is 0 Å². The average molecular weight is 149 g/mol. The van der Waals surface area contributed by atoms with Crippen molar-refractivity contribution >= 4 is 5.97 Å². The van der Waals surface area contributed by atoms with Gasteiger partial charge in [0.15, 0.2) is 0 Å². The van der Waals surface area contributed by atoms with Crippen molar-refractivity contribution in [3.8, 4) is 0 Å². The fourth-order valence-corrected chi connectivity index (χ4v) is 0.319. The number of hydrogen-bond acceptors (Lipinski definition) is 4. The molecule has 1 atom stereocenters. The number of carboxylic acid groups (broad SMARTS) is 1. The maximum absolute atomic E-state index is 10.0. The second-order valence-corrected chi connectivity index (χ2v) is 2.07. The number of rotatable bonds is 3. The molecule has 0 heterocycles. The highest BCUT2D eigenvalue weighted by Gasteiger charge is 2.35. The Hall–Kier alpha value is -1.17. The number of carbonyl (C=O) groups is 1. The largest absolute Gasteiger partial charge is 0.479 e. The van der Waals surface area contributed by atoms with Gasteiger partial charge in [0, 0.05) is 4.92 Å². The summed E-state index contributed by atoms with van der Waals surface area (Å²) in [5, 5.41) is 26.6. The lowest BCUT2D eigenvalue weighted by Gasteiger charge is -2.10. The first-order valence-electron chi connectivity index (χ1n) is 2.44. The molecule has 2 N–H and O–H groups in total. The highest BCUT2D eigenvalue weighted by molar-refractivity contribution is 5.76. The Balaban J connectivity index is 4.13. The van der Waals surface area contributed by atoms with Crippen LogP contribution in [-0.2, 0) is 4.79 Å². The van der Waals surface area contributed by atoms with E-state index in [2.05, 4.69) is 0 Å². The fourth-order valence-electron chi connectivity index (χ4n) is 0.319. The lowest BCUT2D eigenvalue weighted by molar-refractivity contribution is -0.496. The summed E-state index contributed by atoms with van der Waals surface area (Å²) < 4.78 is 0. The molecule has 58 valence electrons. The predicted molar refractivity (Wildman–Crippen MR) is 30.1 cm³/mol. The molecule has 0 amide bonds. The van der Waals surface area contributed by atoms with Crippen LogP contribution in [0.5, 0.6) is 0 Å². The third kappa shape index (κ3) is 2.40. The normalized spacial score (nSPS) is 15.8. The molecule has 0 fully saturated rings. The van der Waals surface area contributed by atoms with Crippen molar-refractivity contribution in [2.45, 2.75) is 12.5 Å². The van der Waals surface area contributed by atoms with Crippen LogP contribution in [0.25, 0.3) is 0 Å². The molecule has 10 heavy (non-hydrogen) atoms. The maximum atomic E-state index is 10.0. The van der Waals surface area contributed by atoms with Crippen LogP contribution in [0.2, 0.25) is 0 Å². The van der Waals surface area contributed by atoms with E-state index in [1.165, 1.54) is 0 Å². The Morgan fingerprint density at radius 2 is 2.20 bits per heavy atom. The van der Waals surface area contributed by atoms with Gasteiger partial charge in [-0.15, -0.1) is 0 Å². The number of nitro groups is 1. The summed E-state index contributed by atoms with van der Waals surface area (Å²) >= 11 is 0. The Labute approximate surface area is 56.2 Å². The van der Waals surface area contributed by atoms with E-state index in [4.69, 9.17) is 10.2 Å². The highest BCUT2D eigenvalue weighted by atomic mass is 16.6. The van der Waals surface area contributed by atoms with Gasteiger partial charge in [-0.25, -0.2) is 4.79 Å². The number of aliphatic hydroxyl groups is 1. The van der Waals surface area contributed by atoms with Gasteiger partial charge in [-0.1, -0.05) is 0 Å². The zero-order chi connectivity index (χ0) is 8.36. The van der Waals surface area contributed by atoms with Crippen LogP contribution in [0, 0.1) is 10.1 Å². The van der Waals surface area contributed by atoms with Crippen LogP contribution in [0.15, 0.2) is 0 Å². The zero-order valence-corrected chi connectivity index (χ0v) is 5.27. The third-order valence-corrected chi connectivity index (χ3v) is 0.898. The van der Waals surface area contributed by atoms with Gasteiger partial charge < -0.3 is 10.2 Å². The van der Waals surface area contributed by atoms with Crippen molar-refractivity contribution in [1.82, 2.24) is 0 Å². The third-order valence-electron chi connectivity index (χ3n) is 0.898. The summed E-state index contributed by atoms with van der Waals surface area (Å²) in [6.07, 6.45) is 0. The second kappa shape index (κ2) is 2.61. The van der Waals surface area contributed by atoms with Gasteiger partial charge in [-0.2, -0.15) is 0 Å². The van der Waals surface area contributed by atoms with Gasteiger partial charge in [0.25, 0.3) is 0 Å². The molecule has 0 bridgehead atoms. The van der Waals surface area contributed by atoms with Crippen molar-refractivity contribution in [3.05, 3.63) is 10.1 Å². The molecule has 0 saturated heterocycles. The lowest BCUT2D eigenvalue weighted by Crippen LogP contribution is -2.41. The standard InChI is InChI=1S/C4H7NO5/c1-4(8,3(6)7)2-5(9)10/h8H,2H2,1H3,(H,6,7)/t4-/m1/s1. The minimum absolute atomic E-state index is 0.873. The molecule has 0 aromatic carbocycles. The van der Waals surface area contributed by atoms with Crippen molar-refractivity contribution in [3.63, 3.8) is 0 Å². The molecule has 0 unspecified atom stereocenters. The van der Waals surface area contributed by atoms with Crippen LogP contribution in [0.1, 0.15) is 6.92 Å². The van der Waals surface area contributed by atoms with E-state index in [-0.39, 0.29) is 0 Å². The van der Waals surface area contributed by atoms with Crippen molar-refractivity contribution in [2.75, 3.05) is 6.54 Å². The summed E-state index contributed by atoms with van der Waals surface area (Å²) in [6, 6.07) is 0. The Morgan fingerprint density at radius 3 is 2.30 bits per heavy atom. The molecule has 0 aliphatic rings. The topological polar surface area (TPSA) is 101 Å². The molecule has 0 radical (unpaired) electrons. The van der Waals surface area contributed by atoms with Crippen LogP contribution < -0.4 is 0 Å². The van der Waals surface area contributed by atoms with E-state index in [0.717, 1.165) is 6.92 Å². The lowest BCUT2D eigenvalue weighted by atomic mass is 10.1. The minimum atomic E-state index is -2.26. The molecule has 0 aromatic heterocycles. The number of hydrogen-bond donors (Lipinski definition) is 2.